The number of carbonyl (C=O) groups excluding carboxylic acids is 1. The van der Waals surface area contributed by atoms with Crippen LogP contribution in [0.5, 0.6) is 5.75 Å². The van der Waals surface area contributed by atoms with Crippen LogP contribution in [-0.4, -0.2) is 24.5 Å². The van der Waals surface area contributed by atoms with Crippen LogP contribution in [0.3, 0.4) is 0 Å². The predicted molar refractivity (Wildman–Crippen MR) is 91.4 cm³/mol. The first-order valence-electron chi connectivity index (χ1n) is 8.35. The lowest BCUT2D eigenvalue weighted by molar-refractivity contribution is -0.132. The number of halogens is 1. The molecule has 2 aromatic carbocycles. The van der Waals surface area contributed by atoms with Crippen molar-refractivity contribution >= 4 is 5.91 Å². The van der Waals surface area contributed by atoms with Gasteiger partial charge in [0.15, 0.2) is 0 Å². The second-order valence-electron chi connectivity index (χ2n) is 6.15. The third kappa shape index (κ3) is 3.75. The highest BCUT2D eigenvalue weighted by molar-refractivity contribution is 5.77. The number of amides is 1. The lowest BCUT2D eigenvalue weighted by Gasteiger charge is -2.25. The van der Waals surface area contributed by atoms with Crippen LogP contribution in [-0.2, 0) is 11.2 Å². The van der Waals surface area contributed by atoms with Gasteiger partial charge in [-0.3, -0.25) is 4.79 Å². The van der Waals surface area contributed by atoms with Gasteiger partial charge in [-0.15, -0.1) is 0 Å². The van der Waals surface area contributed by atoms with Crippen LogP contribution in [0.15, 0.2) is 48.5 Å². The number of nitrogens with zero attached hydrogens (tertiary/aromatic N) is 1. The summed E-state index contributed by atoms with van der Waals surface area (Å²) in [5.41, 5.74) is 2.01. The molecule has 0 N–H and O–H groups in total. The predicted octanol–water partition coefficient (Wildman–Crippen LogP) is 4.13. The summed E-state index contributed by atoms with van der Waals surface area (Å²) >= 11 is 0. The van der Waals surface area contributed by atoms with E-state index in [2.05, 4.69) is 0 Å². The lowest BCUT2D eigenvalue weighted by atomic mass is 10.0. The first-order chi connectivity index (χ1) is 11.7. The standard InChI is InChI=1S/C20H22FNO2/c1-24-18-10-8-16(9-11-18)19-6-3-13-22(19)20(23)12-7-15-4-2-5-17(21)14-15/h2,4-5,8-11,14,19H,3,6-7,12-13H2,1H3. The molecule has 1 amide bonds. The van der Waals surface area contributed by atoms with Crippen LogP contribution < -0.4 is 4.74 Å². The van der Waals surface area contributed by atoms with Crippen LogP contribution >= 0.6 is 0 Å². The van der Waals surface area contributed by atoms with Gasteiger partial charge in [-0.2, -0.15) is 0 Å². The van der Waals surface area contributed by atoms with Crippen molar-refractivity contribution in [2.75, 3.05) is 13.7 Å². The number of hydrogen-bond donors (Lipinski definition) is 0. The van der Waals surface area contributed by atoms with Gasteiger partial charge < -0.3 is 9.64 Å². The van der Waals surface area contributed by atoms with Gasteiger partial charge in [0.25, 0.3) is 0 Å². The maximum atomic E-state index is 13.2. The summed E-state index contributed by atoms with van der Waals surface area (Å²) in [7, 11) is 1.65. The van der Waals surface area contributed by atoms with Crippen molar-refractivity contribution < 1.29 is 13.9 Å². The summed E-state index contributed by atoms with van der Waals surface area (Å²) in [6.07, 6.45) is 2.99. The maximum Gasteiger partial charge on any atom is 0.223 e. The van der Waals surface area contributed by atoms with Gasteiger partial charge in [-0.25, -0.2) is 4.39 Å². The minimum absolute atomic E-state index is 0.135. The zero-order valence-corrected chi connectivity index (χ0v) is 13.9. The Morgan fingerprint density at radius 2 is 2.04 bits per heavy atom. The highest BCUT2D eigenvalue weighted by Gasteiger charge is 2.29. The highest BCUT2D eigenvalue weighted by Crippen LogP contribution is 2.33. The maximum absolute atomic E-state index is 13.2. The molecule has 0 aliphatic carbocycles. The number of carbonyl (C=O) groups is 1. The van der Waals surface area contributed by atoms with Crippen LogP contribution in [0, 0.1) is 5.82 Å². The van der Waals surface area contributed by atoms with Crippen molar-refractivity contribution in [3.8, 4) is 5.75 Å². The molecule has 1 saturated heterocycles. The monoisotopic (exact) mass is 327 g/mol. The summed E-state index contributed by atoms with van der Waals surface area (Å²) in [5, 5.41) is 0. The quantitative estimate of drug-likeness (QED) is 0.826. The van der Waals surface area contributed by atoms with E-state index in [9.17, 15) is 9.18 Å². The first-order valence-corrected chi connectivity index (χ1v) is 8.35. The molecule has 24 heavy (non-hydrogen) atoms. The van der Waals surface area contributed by atoms with Gasteiger partial charge in [-0.1, -0.05) is 24.3 Å². The van der Waals surface area contributed by atoms with Crippen LogP contribution in [0.1, 0.15) is 36.4 Å². The zero-order valence-electron chi connectivity index (χ0n) is 13.9. The Bertz CT molecular complexity index is 699. The molecule has 126 valence electrons. The molecular weight excluding hydrogens is 305 g/mol. The Morgan fingerprint density at radius 1 is 1.25 bits per heavy atom. The molecule has 1 fully saturated rings. The van der Waals surface area contributed by atoms with E-state index in [0.29, 0.717) is 12.8 Å². The molecule has 1 aliphatic rings. The Morgan fingerprint density at radius 3 is 2.75 bits per heavy atom. The number of rotatable bonds is 5. The molecule has 1 heterocycles. The molecule has 0 spiro atoms. The summed E-state index contributed by atoms with van der Waals surface area (Å²) in [6.45, 7) is 0.790. The SMILES string of the molecule is COc1ccc(C2CCCN2C(=O)CCc2cccc(F)c2)cc1. The number of likely N-dealkylation sites (tertiary alicyclic amines) is 1. The summed E-state index contributed by atoms with van der Waals surface area (Å²) < 4.78 is 18.4. The lowest BCUT2D eigenvalue weighted by Crippen LogP contribution is -2.30. The van der Waals surface area contributed by atoms with Gasteiger partial charge in [-0.05, 0) is 54.7 Å². The minimum Gasteiger partial charge on any atom is -0.497 e. The normalized spacial score (nSPS) is 17.1. The largest absolute Gasteiger partial charge is 0.497 e. The zero-order chi connectivity index (χ0) is 16.9. The molecule has 1 aliphatic heterocycles. The van der Waals surface area contributed by atoms with Gasteiger partial charge in [0, 0.05) is 13.0 Å². The van der Waals surface area contributed by atoms with E-state index in [4.69, 9.17) is 4.74 Å². The molecule has 3 rings (SSSR count). The fraction of sp³-hybridized carbons (Fsp3) is 0.350. The smallest absolute Gasteiger partial charge is 0.223 e. The van der Waals surface area contributed by atoms with E-state index in [1.165, 1.54) is 12.1 Å². The van der Waals surface area contributed by atoms with Gasteiger partial charge >= 0.3 is 0 Å². The first kappa shape index (κ1) is 16.5. The molecule has 0 radical (unpaired) electrons. The highest BCUT2D eigenvalue weighted by atomic mass is 19.1. The molecule has 1 unspecified atom stereocenters. The van der Waals surface area contributed by atoms with E-state index in [1.807, 2.05) is 35.2 Å². The second-order valence-corrected chi connectivity index (χ2v) is 6.15. The fourth-order valence-corrected chi connectivity index (χ4v) is 3.33. The molecule has 1 atom stereocenters. The van der Waals surface area contributed by atoms with Crippen molar-refractivity contribution in [1.29, 1.82) is 0 Å². The molecule has 0 bridgehead atoms. The topological polar surface area (TPSA) is 29.5 Å². The minimum atomic E-state index is -0.253. The summed E-state index contributed by atoms with van der Waals surface area (Å²) in [5.74, 6) is 0.704. The number of methoxy groups -OCH3 is 1. The van der Waals surface area contributed by atoms with Gasteiger partial charge in [0.1, 0.15) is 11.6 Å². The molecular formula is C20H22FNO2. The van der Waals surface area contributed by atoms with Crippen LogP contribution in [0.2, 0.25) is 0 Å². The Labute approximate surface area is 142 Å². The van der Waals surface area contributed by atoms with Crippen LogP contribution in [0.25, 0.3) is 0 Å². The summed E-state index contributed by atoms with van der Waals surface area (Å²) in [6, 6.07) is 14.5. The van der Waals surface area contributed by atoms with E-state index in [1.54, 1.807) is 13.2 Å². The van der Waals surface area contributed by atoms with Gasteiger partial charge in [0.2, 0.25) is 5.91 Å². The van der Waals surface area contributed by atoms with Crippen molar-refractivity contribution in [2.24, 2.45) is 0 Å². The Balaban J connectivity index is 1.64. The third-order valence-corrected chi connectivity index (χ3v) is 4.59. The third-order valence-electron chi connectivity index (χ3n) is 4.59. The fourth-order valence-electron chi connectivity index (χ4n) is 3.33. The second kappa shape index (κ2) is 7.47. The molecule has 3 nitrogen and oxygen atoms in total. The van der Waals surface area contributed by atoms with E-state index in [-0.39, 0.29) is 17.8 Å². The van der Waals surface area contributed by atoms with Crippen molar-refractivity contribution in [1.82, 2.24) is 4.90 Å². The van der Waals surface area contributed by atoms with E-state index >= 15 is 0 Å². The number of benzene rings is 2. The summed E-state index contributed by atoms with van der Waals surface area (Å²) in [4.78, 5) is 14.6. The molecule has 4 heteroatoms. The number of ether oxygens (including phenoxy) is 1. The molecule has 2 aromatic rings. The average molecular weight is 327 g/mol. The Hall–Kier alpha value is -2.36. The van der Waals surface area contributed by atoms with Crippen molar-refractivity contribution in [2.45, 2.75) is 31.7 Å². The van der Waals surface area contributed by atoms with Gasteiger partial charge in [0.05, 0.1) is 13.2 Å². The van der Waals surface area contributed by atoms with Crippen molar-refractivity contribution in [3.05, 3.63) is 65.5 Å². The number of hydrogen-bond acceptors (Lipinski definition) is 2. The average Bonchev–Trinajstić information content (AvgIpc) is 3.09. The number of aryl methyl sites for hydroxylation is 1. The van der Waals surface area contributed by atoms with E-state index in [0.717, 1.165) is 36.3 Å². The Kier molecular flexibility index (Phi) is 5.14. The van der Waals surface area contributed by atoms with Crippen LogP contribution in [0.4, 0.5) is 4.39 Å². The molecule has 0 aromatic heterocycles. The molecule has 0 saturated carbocycles. The van der Waals surface area contributed by atoms with Crippen molar-refractivity contribution in [3.63, 3.8) is 0 Å². The van der Waals surface area contributed by atoms with E-state index < -0.39 is 0 Å².